The Morgan fingerprint density at radius 1 is 1.04 bits per heavy atom. The van der Waals surface area contributed by atoms with Gasteiger partial charge in [-0.3, -0.25) is 9.59 Å². The lowest BCUT2D eigenvalue weighted by atomic mass is 10.0. The Morgan fingerprint density at radius 2 is 1.83 bits per heavy atom. The van der Waals surface area contributed by atoms with E-state index in [0.717, 1.165) is 36.7 Å². The van der Waals surface area contributed by atoms with Crippen molar-refractivity contribution in [3.05, 3.63) is 42.1 Å². The summed E-state index contributed by atoms with van der Waals surface area (Å²) in [7, 11) is 0. The number of carbonyl (C=O) groups excluding carboxylic acids is 2. The van der Waals surface area contributed by atoms with Crippen LogP contribution in [0.5, 0.6) is 0 Å². The summed E-state index contributed by atoms with van der Waals surface area (Å²) >= 11 is 0. The van der Waals surface area contributed by atoms with Crippen molar-refractivity contribution >= 4 is 22.7 Å². The summed E-state index contributed by atoms with van der Waals surface area (Å²) in [5.74, 6) is 0.267. The van der Waals surface area contributed by atoms with Crippen LogP contribution in [0.2, 0.25) is 0 Å². The SMILES string of the molecule is O=C(c1ccc2ccccc2n1)N1CCC(N2CCCC2=O)CC1. The maximum absolute atomic E-state index is 12.7. The number of nitrogens with zero attached hydrogens (tertiary/aromatic N) is 3. The molecular formula is C19H21N3O2. The molecule has 0 aliphatic carbocycles. The molecule has 2 aromatic rings. The van der Waals surface area contributed by atoms with Crippen LogP contribution in [0.1, 0.15) is 36.2 Å². The molecule has 3 heterocycles. The highest BCUT2D eigenvalue weighted by molar-refractivity contribution is 5.95. The first-order valence-corrected chi connectivity index (χ1v) is 8.67. The van der Waals surface area contributed by atoms with Gasteiger partial charge in [-0.1, -0.05) is 24.3 Å². The molecule has 0 saturated carbocycles. The van der Waals surface area contributed by atoms with Crippen LogP contribution in [0.3, 0.4) is 0 Å². The largest absolute Gasteiger partial charge is 0.340 e. The van der Waals surface area contributed by atoms with E-state index >= 15 is 0 Å². The summed E-state index contributed by atoms with van der Waals surface area (Å²) in [5, 5.41) is 1.04. The predicted octanol–water partition coefficient (Wildman–Crippen LogP) is 2.46. The number of rotatable bonds is 2. The van der Waals surface area contributed by atoms with Crippen LogP contribution in [0.15, 0.2) is 36.4 Å². The minimum absolute atomic E-state index is 0.00745. The van der Waals surface area contributed by atoms with Crippen LogP contribution in [0, 0.1) is 0 Å². The molecular weight excluding hydrogens is 302 g/mol. The van der Waals surface area contributed by atoms with Crippen molar-refractivity contribution < 1.29 is 9.59 Å². The maximum atomic E-state index is 12.7. The molecule has 2 aliphatic heterocycles. The first kappa shape index (κ1) is 15.1. The summed E-state index contributed by atoms with van der Waals surface area (Å²) in [6.07, 6.45) is 3.38. The normalized spacial score (nSPS) is 19.2. The number of para-hydroxylation sites is 1. The monoisotopic (exact) mass is 323 g/mol. The van der Waals surface area contributed by atoms with E-state index in [-0.39, 0.29) is 11.8 Å². The molecule has 4 rings (SSSR count). The van der Waals surface area contributed by atoms with Crippen LogP contribution >= 0.6 is 0 Å². The zero-order valence-electron chi connectivity index (χ0n) is 13.6. The molecule has 0 radical (unpaired) electrons. The number of amides is 2. The minimum Gasteiger partial charge on any atom is -0.340 e. The summed E-state index contributed by atoms with van der Waals surface area (Å²) in [4.78, 5) is 33.0. The van der Waals surface area contributed by atoms with Gasteiger partial charge in [-0.2, -0.15) is 0 Å². The van der Waals surface area contributed by atoms with Gasteiger partial charge in [-0.25, -0.2) is 4.98 Å². The highest BCUT2D eigenvalue weighted by Crippen LogP contribution is 2.23. The average molecular weight is 323 g/mol. The molecule has 0 spiro atoms. The number of piperidine rings is 1. The number of aromatic nitrogens is 1. The molecule has 5 heteroatoms. The number of pyridine rings is 1. The molecule has 2 amide bonds. The molecule has 2 aliphatic rings. The van der Waals surface area contributed by atoms with Crippen molar-refractivity contribution in [2.45, 2.75) is 31.7 Å². The Kier molecular flexibility index (Phi) is 3.92. The highest BCUT2D eigenvalue weighted by Gasteiger charge is 2.32. The Hall–Kier alpha value is -2.43. The standard InChI is InChI=1S/C19H21N3O2/c23-18-6-3-11-22(18)15-9-12-21(13-10-15)19(24)17-8-7-14-4-1-2-5-16(14)20-17/h1-2,4-5,7-8,15H,3,6,9-13H2. The van der Waals surface area contributed by atoms with Crippen LogP contribution in [-0.2, 0) is 4.79 Å². The summed E-state index contributed by atoms with van der Waals surface area (Å²) in [5.41, 5.74) is 1.35. The molecule has 0 unspecified atom stereocenters. The van der Waals surface area contributed by atoms with E-state index in [0.29, 0.717) is 31.2 Å². The van der Waals surface area contributed by atoms with E-state index in [9.17, 15) is 9.59 Å². The molecule has 1 aromatic carbocycles. The van der Waals surface area contributed by atoms with Gasteiger partial charge in [0.15, 0.2) is 0 Å². The van der Waals surface area contributed by atoms with E-state index in [4.69, 9.17) is 0 Å². The van der Waals surface area contributed by atoms with Gasteiger partial charge in [-0.05, 0) is 31.4 Å². The Balaban J connectivity index is 1.44. The van der Waals surface area contributed by atoms with Crippen LogP contribution in [-0.4, -0.2) is 52.3 Å². The predicted molar refractivity (Wildman–Crippen MR) is 91.6 cm³/mol. The Bertz CT molecular complexity index is 781. The third kappa shape index (κ3) is 2.75. The fourth-order valence-electron chi connectivity index (χ4n) is 3.78. The fourth-order valence-corrected chi connectivity index (χ4v) is 3.78. The van der Waals surface area contributed by atoms with Crippen molar-refractivity contribution in [3.63, 3.8) is 0 Å². The maximum Gasteiger partial charge on any atom is 0.272 e. The second-order valence-electron chi connectivity index (χ2n) is 6.60. The third-order valence-electron chi connectivity index (χ3n) is 5.12. The Morgan fingerprint density at radius 3 is 2.58 bits per heavy atom. The first-order valence-electron chi connectivity index (χ1n) is 8.67. The van der Waals surface area contributed by atoms with E-state index in [1.165, 1.54) is 0 Å². The van der Waals surface area contributed by atoms with E-state index in [2.05, 4.69) is 4.98 Å². The number of likely N-dealkylation sites (tertiary alicyclic amines) is 2. The smallest absolute Gasteiger partial charge is 0.272 e. The number of carbonyl (C=O) groups is 2. The van der Waals surface area contributed by atoms with Gasteiger partial charge in [0.05, 0.1) is 5.52 Å². The quantitative estimate of drug-likeness (QED) is 0.853. The van der Waals surface area contributed by atoms with Crippen molar-refractivity contribution in [1.82, 2.24) is 14.8 Å². The summed E-state index contributed by atoms with van der Waals surface area (Å²) < 4.78 is 0. The lowest BCUT2D eigenvalue weighted by molar-refractivity contribution is -0.130. The Labute approximate surface area is 141 Å². The highest BCUT2D eigenvalue weighted by atomic mass is 16.2. The van der Waals surface area contributed by atoms with Crippen molar-refractivity contribution in [3.8, 4) is 0 Å². The first-order chi connectivity index (χ1) is 11.7. The van der Waals surface area contributed by atoms with Gasteiger partial charge in [0.2, 0.25) is 5.91 Å². The van der Waals surface area contributed by atoms with Gasteiger partial charge >= 0.3 is 0 Å². The molecule has 2 saturated heterocycles. The molecule has 124 valence electrons. The van der Waals surface area contributed by atoms with Crippen LogP contribution in [0.25, 0.3) is 10.9 Å². The van der Waals surface area contributed by atoms with Gasteiger partial charge < -0.3 is 9.80 Å². The third-order valence-corrected chi connectivity index (χ3v) is 5.12. The van der Waals surface area contributed by atoms with Crippen LogP contribution in [0.4, 0.5) is 0 Å². The van der Waals surface area contributed by atoms with Crippen molar-refractivity contribution in [1.29, 1.82) is 0 Å². The topological polar surface area (TPSA) is 53.5 Å². The van der Waals surface area contributed by atoms with E-state index in [1.54, 1.807) is 6.07 Å². The zero-order chi connectivity index (χ0) is 16.5. The molecule has 0 N–H and O–H groups in total. The molecule has 0 bridgehead atoms. The summed E-state index contributed by atoms with van der Waals surface area (Å²) in [6.45, 7) is 2.27. The average Bonchev–Trinajstić information content (AvgIpc) is 3.07. The van der Waals surface area contributed by atoms with E-state index in [1.807, 2.05) is 40.1 Å². The van der Waals surface area contributed by atoms with Gasteiger partial charge in [0.1, 0.15) is 5.69 Å². The fraction of sp³-hybridized carbons (Fsp3) is 0.421. The van der Waals surface area contributed by atoms with Crippen molar-refractivity contribution in [2.75, 3.05) is 19.6 Å². The lowest BCUT2D eigenvalue weighted by Gasteiger charge is -2.36. The minimum atomic E-state index is -0.00745. The van der Waals surface area contributed by atoms with Gasteiger partial charge in [-0.15, -0.1) is 0 Å². The lowest BCUT2D eigenvalue weighted by Crippen LogP contribution is -2.47. The molecule has 0 atom stereocenters. The molecule has 1 aromatic heterocycles. The van der Waals surface area contributed by atoms with Gasteiger partial charge in [0.25, 0.3) is 5.91 Å². The number of hydrogen-bond donors (Lipinski definition) is 0. The summed E-state index contributed by atoms with van der Waals surface area (Å²) in [6, 6.07) is 11.9. The zero-order valence-corrected chi connectivity index (χ0v) is 13.6. The number of hydrogen-bond acceptors (Lipinski definition) is 3. The van der Waals surface area contributed by atoms with Gasteiger partial charge in [0, 0.05) is 37.5 Å². The molecule has 24 heavy (non-hydrogen) atoms. The van der Waals surface area contributed by atoms with E-state index < -0.39 is 0 Å². The number of benzene rings is 1. The molecule has 5 nitrogen and oxygen atoms in total. The van der Waals surface area contributed by atoms with Crippen LogP contribution < -0.4 is 0 Å². The second-order valence-corrected chi connectivity index (χ2v) is 6.60. The number of fused-ring (bicyclic) bond motifs is 1. The van der Waals surface area contributed by atoms with Crippen molar-refractivity contribution in [2.24, 2.45) is 0 Å². The molecule has 2 fully saturated rings. The second kappa shape index (κ2) is 6.23.